The summed E-state index contributed by atoms with van der Waals surface area (Å²) >= 11 is 0. The van der Waals surface area contributed by atoms with Crippen molar-refractivity contribution in [3.8, 4) is 0 Å². The quantitative estimate of drug-likeness (QED) is 0.465. The summed E-state index contributed by atoms with van der Waals surface area (Å²) < 4.78 is 0. The van der Waals surface area contributed by atoms with Gasteiger partial charge in [0, 0.05) is 23.5 Å². The van der Waals surface area contributed by atoms with Crippen LogP contribution in [0.5, 0.6) is 0 Å². The van der Waals surface area contributed by atoms with Crippen LogP contribution in [0.2, 0.25) is 0 Å². The third kappa shape index (κ3) is 5.16. The summed E-state index contributed by atoms with van der Waals surface area (Å²) in [5, 5.41) is 9.75. The molecule has 4 N–H and O–H groups in total. The number of nitrogens with two attached hydrogens (primary N) is 1. The largest absolute Gasteiger partial charge is 1.00 e. The molecule has 0 aliphatic heterocycles. The molecule has 0 fully saturated rings. The van der Waals surface area contributed by atoms with Gasteiger partial charge in [0.25, 0.3) is 0 Å². The van der Waals surface area contributed by atoms with E-state index in [0.717, 1.165) is 22.8 Å². The van der Waals surface area contributed by atoms with Crippen LogP contribution >= 0.6 is 0 Å². The first-order chi connectivity index (χ1) is 8.60. The maximum absolute atomic E-state index is 10.6. The van der Waals surface area contributed by atoms with E-state index in [2.05, 4.69) is 4.98 Å². The zero-order valence-corrected chi connectivity index (χ0v) is 13.1. The van der Waals surface area contributed by atoms with E-state index in [1.807, 2.05) is 30.5 Å². The van der Waals surface area contributed by atoms with Gasteiger partial charge in [-0.3, -0.25) is 4.79 Å². The Hall–Kier alpha value is -1.14. The van der Waals surface area contributed by atoms with Gasteiger partial charge in [0.05, 0.1) is 0 Å². The minimum atomic E-state index is -0.972. The molecule has 0 radical (unpaired) electrons. The molecule has 0 spiro atoms. The predicted octanol–water partition coefficient (Wildman–Crippen LogP) is -1.56. The number of aromatic nitrogens is 1. The molecular formula is C13H17N2NaO3. The normalized spacial score (nSPS) is 10.8. The minimum absolute atomic E-state index is 0. The Morgan fingerprint density at radius 1 is 1.53 bits per heavy atom. The number of nitrogens with one attached hydrogen (secondary N) is 1. The topological polar surface area (TPSA) is 96.2 Å². The number of fused-ring (bicyclic) bond motifs is 1. The molecule has 1 heterocycles. The fourth-order valence-electron chi connectivity index (χ4n) is 1.62. The van der Waals surface area contributed by atoms with E-state index in [9.17, 15) is 4.79 Å². The molecule has 6 heteroatoms. The third-order valence-corrected chi connectivity index (χ3v) is 2.43. The summed E-state index contributed by atoms with van der Waals surface area (Å²) in [6.07, 6.45) is 2.91. The van der Waals surface area contributed by atoms with E-state index in [-0.39, 0.29) is 31.0 Å². The SMILES string of the molecule is CC=O.N[C@@H](Cc1c[nH]c2ccccc12)C(=O)O.[H-].[Na+]. The van der Waals surface area contributed by atoms with Crippen molar-refractivity contribution in [2.75, 3.05) is 0 Å². The zero-order chi connectivity index (χ0) is 13.5. The van der Waals surface area contributed by atoms with Gasteiger partial charge >= 0.3 is 35.5 Å². The van der Waals surface area contributed by atoms with Gasteiger partial charge in [0.15, 0.2) is 0 Å². The number of hydrogen-bond donors (Lipinski definition) is 3. The van der Waals surface area contributed by atoms with Crippen molar-refractivity contribution in [3.05, 3.63) is 36.0 Å². The summed E-state index contributed by atoms with van der Waals surface area (Å²) in [7, 11) is 0. The Labute approximate surface area is 135 Å². The molecule has 5 nitrogen and oxygen atoms in total. The Kier molecular flexibility index (Phi) is 8.34. The third-order valence-electron chi connectivity index (χ3n) is 2.43. The first kappa shape index (κ1) is 17.9. The summed E-state index contributed by atoms with van der Waals surface area (Å²) in [4.78, 5) is 22.5. The van der Waals surface area contributed by atoms with Crippen molar-refractivity contribution >= 4 is 23.2 Å². The maximum Gasteiger partial charge on any atom is 1.00 e. The molecule has 0 bridgehead atoms. The van der Waals surface area contributed by atoms with Crippen LogP contribution in [0.25, 0.3) is 10.9 Å². The van der Waals surface area contributed by atoms with Crippen molar-refractivity contribution in [3.63, 3.8) is 0 Å². The number of carbonyl (C=O) groups excluding carboxylic acids is 1. The van der Waals surface area contributed by atoms with E-state index in [4.69, 9.17) is 15.6 Å². The number of benzene rings is 1. The molecule has 98 valence electrons. The molecule has 2 rings (SSSR count). The first-order valence-electron chi connectivity index (χ1n) is 5.53. The molecule has 0 aliphatic rings. The van der Waals surface area contributed by atoms with Crippen LogP contribution in [0.15, 0.2) is 30.5 Å². The Bertz CT molecular complexity index is 545. The van der Waals surface area contributed by atoms with Crippen molar-refractivity contribution in [2.45, 2.75) is 19.4 Å². The van der Waals surface area contributed by atoms with Crippen LogP contribution < -0.4 is 35.3 Å². The van der Waals surface area contributed by atoms with Gasteiger partial charge in [-0.05, 0) is 18.6 Å². The number of carboxylic acids is 1. The van der Waals surface area contributed by atoms with Crippen LogP contribution in [0, 0.1) is 0 Å². The van der Waals surface area contributed by atoms with Gasteiger partial charge < -0.3 is 22.0 Å². The maximum atomic E-state index is 10.6. The number of aldehydes is 1. The standard InChI is InChI=1S/C11H12N2O2.C2H4O.Na.H/c12-9(11(14)15)5-7-6-13-10-4-2-1-3-8(7)10;1-2-3;;/h1-4,6,9,13H,5,12H2,(H,14,15);2H,1H3;;/q;;+1;-1/t9-;;;/m0.../s1. The number of carbonyl (C=O) groups is 2. The molecule has 19 heavy (non-hydrogen) atoms. The number of rotatable bonds is 3. The van der Waals surface area contributed by atoms with Crippen LogP contribution in [-0.2, 0) is 16.0 Å². The summed E-state index contributed by atoms with van der Waals surface area (Å²) in [6, 6.07) is 6.91. The summed E-state index contributed by atoms with van der Waals surface area (Å²) in [5.41, 5.74) is 7.43. The second-order valence-corrected chi connectivity index (χ2v) is 3.74. The number of hydrogen-bond acceptors (Lipinski definition) is 3. The zero-order valence-electron chi connectivity index (χ0n) is 12.1. The number of para-hydroxylation sites is 1. The molecule has 0 unspecified atom stereocenters. The molecule has 0 aliphatic carbocycles. The second kappa shape index (κ2) is 8.87. The van der Waals surface area contributed by atoms with E-state index in [1.165, 1.54) is 6.92 Å². The van der Waals surface area contributed by atoms with Gasteiger partial charge in [-0.2, -0.15) is 0 Å². The monoisotopic (exact) mass is 272 g/mol. The fraction of sp³-hybridized carbons (Fsp3) is 0.231. The fourth-order valence-corrected chi connectivity index (χ4v) is 1.62. The van der Waals surface area contributed by atoms with E-state index in [1.54, 1.807) is 0 Å². The first-order valence-corrected chi connectivity index (χ1v) is 5.53. The van der Waals surface area contributed by atoms with Crippen molar-refractivity contribution in [1.82, 2.24) is 4.98 Å². The molecule has 1 aromatic heterocycles. The van der Waals surface area contributed by atoms with Crippen LogP contribution in [0.4, 0.5) is 0 Å². The molecule has 2 aromatic rings. The smallest absolute Gasteiger partial charge is 1.00 e. The Balaban J connectivity index is 0. The van der Waals surface area contributed by atoms with Crippen LogP contribution in [0.3, 0.4) is 0 Å². The van der Waals surface area contributed by atoms with Crippen molar-refractivity contribution in [2.24, 2.45) is 5.73 Å². The van der Waals surface area contributed by atoms with Crippen molar-refractivity contribution in [1.29, 1.82) is 0 Å². The van der Waals surface area contributed by atoms with Crippen molar-refractivity contribution < 1.29 is 45.7 Å². The second-order valence-electron chi connectivity index (χ2n) is 3.74. The number of H-pyrrole nitrogens is 1. The molecular weight excluding hydrogens is 255 g/mol. The molecule has 0 amide bonds. The molecule has 1 aromatic carbocycles. The predicted molar refractivity (Wildman–Crippen MR) is 70.5 cm³/mol. The van der Waals surface area contributed by atoms with Gasteiger partial charge in [-0.15, -0.1) is 0 Å². The molecule has 0 saturated heterocycles. The summed E-state index contributed by atoms with van der Waals surface area (Å²) in [5.74, 6) is -0.972. The van der Waals surface area contributed by atoms with Crippen LogP contribution in [-0.4, -0.2) is 28.4 Å². The average Bonchev–Trinajstić information content (AvgIpc) is 2.74. The molecule has 1 atom stereocenters. The average molecular weight is 272 g/mol. The van der Waals surface area contributed by atoms with Gasteiger partial charge in [0.2, 0.25) is 0 Å². The van der Waals surface area contributed by atoms with Gasteiger partial charge in [-0.1, -0.05) is 18.2 Å². The van der Waals surface area contributed by atoms with Gasteiger partial charge in [-0.25, -0.2) is 0 Å². The number of carboxylic acid groups (broad SMARTS) is 1. The van der Waals surface area contributed by atoms with Crippen LogP contribution in [0.1, 0.15) is 13.9 Å². The van der Waals surface area contributed by atoms with E-state index < -0.39 is 12.0 Å². The Morgan fingerprint density at radius 2 is 2.11 bits per heavy atom. The Morgan fingerprint density at radius 3 is 2.68 bits per heavy atom. The molecule has 0 saturated carbocycles. The number of aromatic amines is 1. The van der Waals surface area contributed by atoms with Gasteiger partial charge in [0.1, 0.15) is 12.3 Å². The number of aliphatic carboxylic acids is 1. The van der Waals surface area contributed by atoms with E-state index >= 15 is 0 Å². The minimum Gasteiger partial charge on any atom is -1.00 e. The summed E-state index contributed by atoms with van der Waals surface area (Å²) in [6.45, 7) is 1.44. The van der Waals surface area contributed by atoms with E-state index in [0.29, 0.717) is 6.42 Å².